The number of benzene rings is 1. The summed E-state index contributed by atoms with van der Waals surface area (Å²) in [5, 5.41) is 2.96. The largest absolute Gasteiger partial charge is 0.459 e. The van der Waals surface area contributed by atoms with Crippen LogP contribution in [0.15, 0.2) is 45.4 Å². The number of fused-ring (bicyclic) bond motifs is 1. The molecule has 3 heterocycles. The molecule has 0 atom stereocenters. The number of aryl methyl sites for hydroxylation is 1. The molecule has 0 radical (unpaired) electrons. The van der Waals surface area contributed by atoms with Gasteiger partial charge in [-0.05, 0) is 43.2 Å². The Kier molecular flexibility index (Phi) is 4.66. The molecular weight excluding hydrogens is 346 g/mol. The number of nitrogens with zero attached hydrogens (tertiary/aromatic N) is 2. The molecule has 7 nitrogen and oxygen atoms in total. The molecule has 1 N–H and O–H groups in total. The molecule has 0 spiro atoms. The fourth-order valence-electron chi connectivity index (χ4n) is 3.35. The maximum Gasteiger partial charge on any atom is 0.289 e. The van der Waals surface area contributed by atoms with Crippen molar-refractivity contribution >= 4 is 28.6 Å². The minimum Gasteiger partial charge on any atom is -0.459 e. The molecule has 0 bridgehead atoms. The van der Waals surface area contributed by atoms with Crippen LogP contribution in [0.5, 0.6) is 0 Å². The third-order valence-corrected chi connectivity index (χ3v) is 4.89. The molecule has 2 aromatic heterocycles. The van der Waals surface area contributed by atoms with Gasteiger partial charge >= 0.3 is 0 Å². The summed E-state index contributed by atoms with van der Waals surface area (Å²) in [4.78, 5) is 31.0. The first-order valence-corrected chi connectivity index (χ1v) is 9.17. The smallest absolute Gasteiger partial charge is 0.289 e. The van der Waals surface area contributed by atoms with Gasteiger partial charge in [0.1, 0.15) is 5.52 Å². The van der Waals surface area contributed by atoms with Crippen molar-refractivity contribution < 1.29 is 18.4 Å². The Hall–Kier alpha value is -3.09. The quantitative estimate of drug-likeness (QED) is 0.763. The zero-order valence-electron chi connectivity index (χ0n) is 15.1. The van der Waals surface area contributed by atoms with Crippen LogP contribution in [0, 0.1) is 5.92 Å². The Morgan fingerprint density at radius 2 is 2.07 bits per heavy atom. The van der Waals surface area contributed by atoms with Crippen molar-refractivity contribution in [3.05, 3.63) is 48.2 Å². The van der Waals surface area contributed by atoms with Crippen LogP contribution < -0.4 is 5.32 Å². The standard InChI is InChI=1S/C20H21N3O4/c1-2-18-22-15-12-14(5-6-16(15)27-18)21-19(24)13-7-9-23(10-8-13)20(25)17-4-3-11-26-17/h3-6,11-13H,2,7-10H2,1H3,(H,21,24). The highest BCUT2D eigenvalue weighted by atomic mass is 16.3. The predicted octanol–water partition coefficient (Wildman–Crippen LogP) is 3.47. The first-order chi connectivity index (χ1) is 13.1. The second-order valence-electron chi connectivity index (χ2n) is 6.68. The monoisotopic (exact) mass is 367 g/mol. The number of oxazole rings is 1. The van der Waals surface area contributed by atoms with E-state index in [-0.39, 0.29) is 17.7 Å². The van der Waals surface area contributed by atoms with Crippen LogP contribution in [0.3, 0.4) is 0 Å². The first-order valence-electron chi connectivity index (χ1n) is 9.17. The maximum absolute atomic E-state index is 12.6. The molecule has 4 rings (SSSR count). The van der Waals surface area contributed by atoms with E-state index < -0.39 is 0 Å². The second kappa shape index (κ2) is 7.26. The number of furan rings is 1. The number of likely N-dealkylation sites (tertiary alicyclic amines) is 1. The van der Waals surface area contributed by atoms with Gasteiger partial charge in [0.15, 0.2) is 17.2 Å². The van der Waals surface area contributed by atoms with Gasteiger partial charge in [0, 0.05) is 31.1 Å². The normalized spacial score (nSPS) is 15.2. The lowest BCUT2D eigenvalue weighted by Crippen LogP contribution is -2.41. The lowest BCUT2D eigenvalue weighted by atomic mass is 9.95. The SMILES string of the molecule is CCc1nc2cc(NC(=O)C3CCN(C(=O)c4ccco4)CC3)ccc2o1. The fraction of sp³-hybridized carbons (Fsp3) is 0.350. The zero-order valence-corrected chi connectivity index (χ0v) is 15.1. The Bertz CT molecular complexity index is 953. The van der Waals surface area contributed by atoms with Crippen molar-refractivity contribution in [3.8, 4) is 0 Å². The van der Waals surface area contributed by atoms with Crippen LogP contribution in [-0.4, -0.2) is 34.8 Å². The molecule has 3 aromatic rings. The van der Waals surface area contributed by atoms with Crippen LogP contribution in [0.1, 0.15) is 36.2 Å². The minimum atomic E-state index is -0.123. The van der Waals surface area contributed by atoms with Crippen molar-refractivity contribution in [2.75, 3.05) is 18.4 Å². The molecule has 1 aromatic carbocycles. The van der Waals surface area contributed by atoms with Crippen molar-refractivity contribution in [1.29, 1.82) is 0 Å². The van der Waals surface area contributed by atoms with Crippen LogP contribution in [0.4, 0.5) is 5.69 Å². The number of anilines is 1. The van der Waals surface area contributed by atoms with E-state index in [2.05, 4.69) is 10.3 Å². The zero-order chi connectivity index (χ0) is 18.8. The third kappa shape index (κ3) is 3.58. The van der Waals surface area contributed by atoms with Gasteiger partial charge in [-0.25, -0.2) is 4.98 Å². The highest BCUT2D eigenvalue weighted by Crippen LogP contribution is 2.24. The average molecular weight is 367 g/mol. The molecule has 1 aliphatic heterocycles. The van der Waals surface area contributed by atoms with Crippen LogP contribution in [-0.2, 0) is 11.2 Å². The van der Waals surface area contributed by atoms with Gasteiger partial charge in [-0.1, -0.05) is 6.92 Å². The van der Waals surface area contributed by atoms with E-state index in [9.17, 15) is 9.59 Å². The van der Waals surface area contributed by atoms with E-state index in [0.717, 1.165) is 17.5 Å². The van der Waals surface area contributed by atoms with Crippen molar-refractivity contribution in [3.63, 3.8) is 0 Å². The van der Waals surface area contributed by atoms with E-state index >= 15 is 0 Å². The van der Waals surface area contributed by atoms with Crippen molar-refractivity contribution in [1.82, 2.24) is 9.88 Å². The Morgan fingerprint density at radius 1 is 1.26 bits per heavy atom. The van der Waals surface area contributed by atoms with E-state index in [1.54, 1.807) is 17.0 Å². The number of hydrogen-bond donors (Lipinski definition) is 1. The summed E-state index contributed by atoms with van der Waals surface area (Å²) in [6.45, 7) is 3.07. The molecule has 0 saturated carbocycles. The van der Waals surface area contributed by atoms with Crippen molar-refractivity contribution in [2.24, 2.45) is 5.92 Å². The van der Waals surface area contributed by atoms with Gasteiger partial charge < -0.3 is 19.1 Å². The first kappa shape index (κ1) is 17.3. The summed E-state index contributed by atoms with van der Waals surface area (Å²) in [5.74, 6) is 0.748. The molecular formula is C20H21N3O4. The maximum atomic E-state index is 12.6. The van der Waals surface area contributed by atoms with E-state index in [0.29, 0.717) is 43.3 Å². The van der Waals surface area contributed by atoms with Gasteiger partial charge in [-0.2, -0.15) is 0 Å². The summed E-state index contributed by atoms with van der Waals surface area (Å²) >= 11 is 0. The average Bonchev–Trinajstić information content (AvgIpc) is 3.36. The molecule has 27 heavy (non-hydrogen) atoms. The number of aromatic nitrogens is 1. The van der Waals surface area contributed by atoms with Crippen LogP contribution in [0.25, 0.3) is 11.1 Å². The number of amides is 2. The number of hydrogen-bond acceptors (Lipinski definition) is 5. The predicted molar refractivity (Wildman–Crippen MR) is 99.4 cm³/mol. The highest BCUT2D eigenvalue weighted by molar-refractivity contribution is 5.95. The summed E-state index contributed by atoms with van der Waals surface area (Å²) in [6, 6.07) is 8.82. The molecule has 0 aliphatic carbocycles. The van der Waals surface area contributed by atoms with Crippen LogP contribution >= 0.6 is 0 Å². The third-order valence-electron chi connectivity index (χ3n) is 4.89. The van der Waals surface area contributed by atoms with Crippen LogP contribution in [0.2, 0.25) is 0 Å². The molecule has 140 valence electrons. The fourth-order valence-corrected chi connectivity index (χ4v) is 3.35. The summed E-state index contributed by atoms with van der Waals surface area (Å²) < 4.78 is 10.8. The summed E-state index contributed by atoms with van der Waals surface area (Å²) in [6.07, 6.45) is 3.48. The lowest BCUT2D eigenvalue weighted by molar-refractivity contribution is -0.121. The second-order valence-corrected chi connectivity index (χ2v) is 6.68. The topological polar surface area (TPSA) is 88.6 Å². The molecule has 1 fully saturated rings. The number of carbonyl (C=O) groups is 2. The molecule has 0 unspecified atom stereocenters. The Morgan fingerprint density at radius 3 is 2.78 bits per heavy atom. The van der Waals surface area contributed by atoms with Gasteiger partial charge in [-0.15, -0.1) is 0 Å². The highest BCUT2D eigenvalue weighted by Gasteiger charge is 2.28. The van der Waals surface area contributed by atoms with Gasteiger partial charge in [0.25, 0.3) is 5.91 Å². The molecule has 1 aliphatic rings. The van der Waals surface area contributed by atoms with Gasteiger partial charge in [0.2, 0.25) is 5.91 Å². The number of nitrogens with one attached hydrogen (secondary N) is 1. The lowest BCUT2D eigenvalue weighted by Gasteiger charge is -2.30. The van der Waals surface area contributed by atoms with Gasteiger partial charge in [-0.3, -0.25) is 9.59 Å². The molecule has 1 saturated heterocycles. The number of piperidine rings is 1. The molecule has 2 amide bonds. The molecule has 7 heteroatoms. The summed E-state index contributed by atoms with van der Waals surface area (Å²) in [5.41, 5.74) is 2.16. The van der Waals surface area contributed by atoms with E-state index in [1.807, 2.05) is 25.1 Å². The number of carbonyl (C=O) groups excluding carboxylic acids is 2. The van der Waals surface area contributed by atoms with Crippen molar-refractivity contribution in [2.45, 2.75) is 26.2 Å². The number of rotatable bonds is 4. The Balaban J connectivity index is 1.36. The van der Waals surface area contributed by atoms with Gasteiger partial charge in [0.05, 0.1) is 6.26 Å². The Labute approximate surface area is 156 Å². The minimum absolute atomic E-state index is 0.0290. The van der Waals surface area contributed by atoms with E-state index in [1.165, 1.54) is 6.26 Å². The summed E-state index contributed by atoms with van der Waals surface area (Å²) in [7, 11) is 0. The van der Waals surface area contributed by atoms with E-state index in [4.69, 9.17) is 8.83 Å².